The second-order valence-corrected chi connectivity index (χ2v) is 4.51. The van der Waals surface area contributed by atoms with Gasteiger partial charge in [-0.1, -0.05) is 25.5 Å². The predicted molar refractivity (Wildman–Crippen MR) is 62.4 cm³/mol. The van der Waals surface area contributed by atoms with Gasteiger partial charge in [-0.05, 0) is 30.9 Å². The van der Waals surface area contributed by atoms with E-state index in [0.29, 0.717) is 11.5 Å². The maximum Gasteiger partial charge on any atom is 0.255 e. The molecule has 16 heavy (non-hydrogen) atoms. The van der Waals surface area contributed by atoms with Crippen molar-refractivity contribution in [1.82, 2.24) is 5.32 Å². The van der Waals surface area contributed by atoms with Gasteiger partial charge in [0, 0.05) is 6.04 Å². The zero-order valence-corrected chi connectivity index (χ0v) is 9.44. The molecule has 1 amide bonds. The molecule has 2 atom stereocenters. The first-order valence-corrected chi connectivity index (χ1v) is 5.77. The summed E-state index contributed by atoms with van der Waals surface area (Å²) in [5.41, 5.74) is 0.363. The summed E-state index contributed by atoms with van der Waals surface area (Å²) >= 11 is 0. The fourth-order valence-electron chi connectivity index (χ4n) is 2.27. The molecule has 1 fully saturated rings. The predicted octanol–water partition coefficient (Wildman–Crippen LogP) is 2.31. The summed E-state index contributed by atoms with van der Waals surface area (Å²) in [7, 11) is 0. The highest BCUT2D eigenvalue weighted by Crippen LogP contribution is 2.25. The third kappa shape index (κ3) is 2.18. The number of benzene rings is 1. The Balaban J connectivity index is 2.06. The molecule has 0 aliphatic heterocycles. The molecule has 0 bridgehead atoms. The van der Waals surface area contributed by atoms with Crippen molar-refractivity contribution in [3.63, 3.8) is 0 Å². The number of carbonyl (C=O) groups is 1. The van der Waals surface area contributed by atoms with Crippen LogP contribution in [0.5, 0.6) is 5.75 Å². The van der Waals surface area contributed by atoms with E-state index >= 15 is 0 Å². The van der Waals surface area contributed by atoms with Crippen molar-refractivity contribution >= 4 is 5.91 Å². The number of nitrogens with one attached hydrogen (secondary N) is 1. The molecule has 0 aromatic heterocycles. The molecule has 2 N–H and O–H groups in total. The molecule has 3 heteroatoms. The van der Waals surface area contributed by atoms with E-state index in [1.54, 1.807) is 18.2 Å². The lowest BCUT2D eigenvalue weighted by Crippen LogP contribution is -2.36. The molecule has 1 aliphatic rings. The summed E-state index contributed by atoms with van der Waals surface area (Å²) in [4.78, 5) is 11.9. The Hall–Kier alpha value is -1.51. The molecule has 1 aromatic carbocycles. The Morgan fingerprint density at radius 1 is 1.38 bits per heavy atom. The standard InChI is InChI=1S/C13H17NO2/c1-9-5-4-7-11(9)14-13(16)10-6-2-3-8-12(10)15/h2-3,6,8-9,11,15H,4-5,7H2,1H3,(H,14,16). The number of phenolic OH excluding ortho intramolecular Hbond substituents is 1. The SMILES string of the molecule is CC1CCCC1NC(=O)c1ccccc1O. The van der Waals surface area contributed by atoms with Gasteiger partial charge in [-0.15, -0.1) is 0 Å². The molecule has 0 spiro atoms. The molecule has 0 radical (unpaired) electrons. The van der Waals surface area contributed by atoms with Crippen LogP contribution in [-0.2, 0) is 0 Å². The Morgan fingerprint density at radius 2 is 2.12 bits per heavy atom. The molecule has 86 valence electrons. The summed E-state index contributed by atoms with van der Waals surface area (Å²) < 4.78 is 0. The van der Waals surface area contributed by atoms with Crippen molar-refractivity contribution in [2.45, 2.75) is 32.2 Å². The zero-order valence-electron chi connectivity index (χ0n) is 9.44. The van der Waals surface area contributed by atoms with Gasteiger partial charge in [-0.2, -0.15) is 0 Å². The van der Waals surface area contributed by atoms with Crippen LogP contribution in [0.4, 0.5) is 0 Å². The topological polar surface area (TPSA) is 49.3 Å². The summed E-state index contributed by atoms with van der Waals surface area (Å²) in [5.74, 6) is 0.414. The largest absolute Gasteiger partial charge is 0.507 e. The lowest BCUT2D eigenvalue weighted by atomic mass is 10.1. The van der Waals surface area contributed by atoms with Gasteiger partial charge in [0.05, 0.1) is 5.56 Å². The molecular weight excluding hydrogens is 202 g/mol. The first kappa shape index (κ1) is 11.0. The minimum atomic E-state index is -0.170. The summed E-state index contributed by atoms with van der Waals surface area (Å²) in [6.07, 6.45) is 3.39. The van der Waals surface area contributed by atoms with Crippen LogP contribution >= 0.6 is 0 Å². The van der Waals surface area contributed by atoms with Gasteiger partial charge < -0.3 is 10.4 Å². The van der Waals surface area contributed by atoms with Crippen molar-refractivity contribution in [2.75, 3.05) is 0 Å². The molecule has 1 aliphatic carbocycles. The van der Waals surface area contributed by atoms with E-state index in [2.05, 4.69) is 12.2 Å². The molecule has 0 heterocycles. The van der Waals surface area contributed by atoms with Gasteiger partial charge >= 0.3 is 0 Å². The normalized spacial score (nSPS) is 24.3. The number of phenols is 1. The molecule has 2 unspecified atom stereocenters. The Morgan fingerprint density at radius 3 is 2.75 bits per heavy atom. The lowest BCUT2D eigenvalue weighted by Gasteiger charge is -2.17. The number of para-hydroxylation sites is 1. The van der Waals surface area contributed by atoms with Gasteiger partial charge in [0.15, 0.2) is 0 Å². The van der Waals surface area contributed by atoms with Crippen LogP contribution in [0.25, 0.3) is 0 Å². The number of hydrogen-bond donors (Lipinski definition) is 2. The van der Waals surface area contributed by atoms with Gasteiger partial charge in [0.25, 0.3) is 5.91 Å². The van der Waals surface area contributed by atoms with Crippen LogP contribution in [0.1, 0.15) is 36.5 Å². The third-order valence-electron chi connectivity index (χ3n) is 3.33. The van der Waals surface area contributed by atoms with Crippen molar-refractivity contribution < 1.29 is 9.90 Å². The second-order valence-electron chi connectivity index (χ2n) is 4.51. The van der Waals surface area contributed by atoms with E-state index < -0.39 is 0 Å². The van der Waals surface area contributed by atoms with E-state index in [1.807, 2.05) is 0 Å². The molecule has 3 nitrogen and oxygen atoms in total. The zero-order chi connectivity index (χ0) is 11.5. The molecule has 0 saturated heterocycles. The summed E-state index contributed by atoms with van der Waals surface area (Å²) in [6.45, 7) is 2.16. The van der Waals surface area contributed by atoms with Gasteiger partial charge in [-0.25, -0.2) is 0 Å². The van der Waals surface area contributed by atoms with Crippen molar-refractivity contribution in [3.8, 4) is 5.75 Å². The molecule has 1 aromatic rings. The monoisotopic (exact) mass is 219 g/mol. The quantitative estimate of drug-likeness (QED) is 0.802. The summed E-state index contributed by atoms with van der Waals surface area (Å²) in [5, 5.41) is 12.5. The number of carbonyl (C=O) groups excluding carboxylic acids is 1. The maximum absolute atomic E-state index is 11.9. The third-order valence-corrected chi connectivity index (χ3v) is 3.33. The average molecular weight is 219 g/mol. The van der Waals surface area contributed by atoms with E-state index in [1.165, 1.54) is 18.9 Å². The Labute approximate surface area is 95.5 Å². The van der Waals surface area contributed by atoms with Crippen LogP contribution in [0.3, 0.4) is 0 Å². The minimum Gasteiger partial charge on any atom is -0.507 e. The molecule has 1 saturated carbocycles. The molecular formula is C13H17NO2. The smallest absolute Gasteiger partial charge is 0.255 e. The van der Waals surface area contributed by atoms with E-state index in [4.69, 9.17) is 0 Å². The lowest BCUT2D eigenvalue weighted by molar-refractivity contribution is 0.0927. The number of amides is 1. The molecule has 2 rings (SSSR count). The Bertz CT molecular complexity index is 389. The van der Waals surface area contributed by atoms with Gasteiger partial charge in [-0.3, -0.25) is 4.79 Å². The van der Waals surface area contributed by atoms with E-state index in [0.717, 1.165) is 6.42 Å². The first-order valence-electron chi connectivity index (χ1n) is 5.77. The van der Waals surface area contributed by atoms with Gasteiger partial charge in [0.2, 0.25) is 0 Å². The highest BCUT2D eigenvalue weighted by molar-refractivity contribution is 5.96. The van der Waals surface area contributed by atoms with Crippen LogP contribution in [-0.4, -0.2) is 17.1 Å². The van der Waals surface area contributed by atoms with Crippen LogP contribution in [0.2, 0.25) is 0 Å². The maximum atomic E-state index is 11.9. The summed E-state index contributed by atoms with van der Waals surface area (Å²) in [6, 6.07) is 6.90. The van der Waals surface area contributed by atoms with E-state index in [9.17, 15) is 9.90 Å². The van der Waals surface area contributed by atoms with Crippen LogP contribution in [0.15, 0.2) is 24.3 Å². The first-order chi connectivity index (χ1) is 7.68. The number of hydrogen-bond acceptors (Lipinski definition) is 2. The number of rotatable bonds is 2. The Kier molecular flexibility index (Phi) is 3.13. The number of aromatic hydroxyl groups is 1. The van der Waals surface area contributed by atoms with Crippen LogP contribution < -0.4 is 5.32 Å². The van der Waals surface area contributed by atoms with E-state index in [-0.39, 0.29) is 17.7 Å². The highest BCUT2D eigenvalue weighted by atomic mass is 16.3. The van der Waals surface area contributed by atoms with Crippen molar-refractivity contribution in [2.24, 2.45) is 5.92 Å². The second kappa shape index (κ2) is 4.56. The highest BCUT2D eigenvalue weighted by Gasteiger charge is 2.25. The fraction of sp³-hybridized carbons (Fsp3) is 0.462. The van der Waals surface area contributed by atoms with Crippen molar-refractivity contribution in [3.05, 3.63) is 29.8 Å². The van der Waals surface area contributed by atoms with Gasteiger partial charge in [0.1, 0.15) is 5.75 Å². The van der Waals surface area contributed by atoms with Crippen LogP contribution in [0, 0.1) is 5.92 Å². The fourth-order valence-corrected chi connectivity index (χ4v) is 2.27. The average Bonchev–Trinajstić information content (AvgIpc) is 2.65. The minimum absolute atomic E-state index is 0.0469. The van der Waals surface area contributed by atoms with Crippen molar-refractivity contribution in [1.29, 1.82) is 0 Å².